The lowest BCUT2D eigenvalue weighted by molar-refractivity contribution is -0.274. The van der Waals surface area contributed by atoms with Crippen molar-refractivity contribution in [1.29, 1.82) is 0 Å². The van der Waals surface area contributed by atoms with Crippen molar-refractivity contribution in [2.75, 3.05) is 6.54 Å². The highest BCUT2D eigenvalue weighted by Crippen LogP contribution is 2.54. The number of ether oxygens (including phenoxy) is 3. The zero-order chi connectivity index (χ0) is 45.0. The molecule has 2 aliphatic carbocycles. The minimum atomic E-state index is -5.12. The standard InChI is InChI=1S/C42H52F5N5O9S/c1-24-12-8-6-5-7-9-15-30(49-37(56)59-26-13-10-11-14-26)35(54)52-23-40(21-31(52)34(53)50-39(24,4)36(55)51-62(57,58)38(3)18-19-38)22-41(43,44)32-28-20-27(60-42(45,46)47)16-17-29(28)48-25(2)33(32)61-40/h8,12,16-17,20,24,26,30-31H,5-7,9-11,13-15,18-19,21-23H2,1-4H3,(H,49,56)(H,50,53)(H,51,55). The first kappa shape index (κ1) is 45.3. The maximum Gasteiger partial charge on any atom is 0.573 e. The molecule has 340 valence electrons. The number of sulfonamides is 1. The topological polar surface area (TPSA) is 182 Å². The minimum Gasteiger partial charge on any atom is -0.483 e. The van der Waals surface area contributed by atoms with Crippen LogP contribution in [0.15, 0.2) is 30.4 Å². The van der Waals surface area contributed by atoms with Gasteiger partial charge in [-0.15, -0.1) is 13.2 Å². The number of rotatable bonds is 6. The van der Waals surface area contributed by atoms with Crippen LogP contribution in [0.25, 0.3) is 10.9 Å². The number of alkyl halides is 5. The second-order valence-corrected chi connectivity index (χ2v) is 20.1. The first-order chi connectivity index (χ1) is 28.9. The number of aromatic nitrogens is 1. The number of halogens is 5. The van der Waals surface area contributed by atoms with Crippen LogP contribution in [0.2, 0.25) is 0 Å². The smallest absolute Gasteiger partial charge is 0.483 e. The van der Waals surface area contributed by atoms with Gasteiger partial charge in [-0.2, -0.15) is 0 Å². The van der Waals surface area contributed by atoms with E-state index in [0.717, 1.165) is 35.9 Å². The molecule has 4 heterocycles. The first-order valence-corrected chi connectivity index (χ1v) is 22.5. The summed E-state index contributed by atoms with van der Waals surface area (Å²) in [7, 11) is -4.19. The Morgan fingerprint density at radius 1 is 1.03 bits per heavy atom. The van der Waals surface area contributed by atoms with Crippen LogP contribution in [0.4, 0.5) is 26.7 Å². The molecule has 1 aromatic heterocycles. The Labute approximate surface area is 356 Å². The fraction of sp³-hybridized carbons (Fsp3) is 0.643. The van der Waals surface area contributed by atoms with E-state index in [2.05, 4.69) is 25.1 Å². The molecule has 20 heteroatoms. The zero-order valence-electron chi connectivity index (χ0n) is 35.0. The average Bonchev–Trinajstić information content (AvgIpc) is 3.55. The predicted octanol–water partition coefficient (Wildman–Crippen LogP) is 6.72. The van der Waals surface area contributed by atoms with Crippen molar-refractivity contribution in [3.63, 3.8) is 0 Å². The fourth-order valence-electron chi connectivity index (χ4n) is 8.98. The van der Waals surface area contributed by atoms with Gasteiger partial charge >= 0.3 is 12.5 Å². The predicted molar refractivity (Wildman–Crippen MR) is 213 cm³/mol. The molecule has 1 saturated heterocycles. The van der Waals surface area contributed by atoms with Gasteiger partial charge in [-0.3, -0.25) is 19.1 Å². The van der Waals surface area contributed by atoms with Crippen LogP contribution in [0.5, 0.6) is 11.5 Å². The maximum absolute atomic E-state index is 16.9. The van der Waals surface area contributed by atoms with E-state index in [0.29, 0.717) is 51.4 Å². The summed E-state index contributed by atoms with van der Waals surface area (Å²) in [6.45, 7) is 5.21. The molecule has 0 bridgehead atoms. The summed E-state index contributed by atoms with van der Waals surface area (Å²) in [4.78, 5) is 62.3. The molecule has 5 atom stereocenters. The van der Waals surface area contributed by atoms with Crippen LogP contribution in [0.3, 0.4) is 0 Å². The van der Waals surface area contributed by atoms with E-state index in [-0.39, 0.29) is 29.1 Å². The van der Waals surface area contributed by atoms with Crippen molar-refractivity contribution in [2.45, 2.75) is 158 Å². The molecule has 3 N–H and O–H groups in total. The van der Waals surface area contributed by atoms with Gasteiger partial charge in [0.05, 0.1) is 34.5 Å². The number of allylic oxidation sites excluding steroid dienone is 1. The van der Waals surface area contributed by atoms with E-state index in [1.54, 1.807) is 13.0 Å². The number of alkyl carbamates (subject to hydrolysis) is 1. The number of nitrogens with one attached hydrogen (secondary N) is 3. The molecule has 4 amide bonds. The molecular weight excluding hydrogens is 846 g/mol. The highest BCUT2D eigenvalue weighted by Gasteiger charge is 2.61. The summed E-state index contributed by atoms with van der Waals surface area (Å²) < 4.78 is 117. The van der Waals surface area contributed by atoms with E-state index in [4.69, 9.17) is 9.47 Å². The van der Waals surface area contributed by atoms with Gasteiger partial charge in [-0.05, 0) is 96.8 Å². The van der Waals surface area contributed by atoms with Crippen molar-refractivity contribution in [3.05, 3.63) is 41.6 Å². The average molecular weight is 898 g/mol. The van der Waals surface area contributed by atoms with Crippen molar-refractivity contribution in [2.24, 2.45) is 5.92 Å². The number of hydrogen-bond acceptors (Lipinski definition) is 10. The molecule has 62 heavy (non-hydrogen) atoms. The Kier molecular flexibility index (Phi) is 12.0. The van der Waals surface area contributed by atoms with E-state index in [1.165, 1.54) is 20.8 Å². The van der Waals surface area contributed by atoms with Gasteiger partial charge in [0.1, 0.15) is 35.1 Å². The third-order valence-corrected chi connectivity index (χ3v) is 15.2. The number of aryl methyl sites for hydroxylation is 1. The second kappa shape index (κ2) is 16.4. The Hall–Kier alpha value is -4.75. The van der Waals surface area contributed by atoms with E-state index in [1.807, 2.05) is 6.08 Å². The van der Waals surface area contributed by atoms with Crippen LogP contribution in [-0.2, 0) is 35.1 Å². The number of nitrogens with zero attached hydrogens (tertiary/aromatic N) is 2. The Bertz CT molecular complexity index is 2270. The van der Waals surface area contributed by atoms with Gasteiger partial charge in [0.2, 0.25) is 21.8 Å². The molecule has 1 spiro atoms. The molecule has 2 saturated carbocycles. The number of fused-ring (bicyclic) bond motifs is 4. The lowest BCUT2D eigenvalue weighted by Gasteiger charge is -2.40. The van der Waals surface area contributed by atoms with Crippen molar-refractivity contribution in [1.82, 2.24) is 25.2 Å². The van der Waals surface area contributed by atoms with Crippen molar-refractivity contribution < 1.29 is 63.8 Å². The summed E-state index contributed by atoms with van der Waals surface area (Å²) in [5, 5.41) is 4.98. The number of carbonyl (C=O) groups is 4. The lowest BCUT2D eigenvalue weighted by atomic mass is 9.83. The highest BCUT2D eigenvalue weighted by molar-refractivity contribution is 7.91. The molecular formula is C42H52F5N5O9S. The molecule has 14 nitrogen and oxygen atoms in total. The molecule has 5 aliphatic rings. The molecule has 3 fully saturated rings. The number of benzene rings is 1. The van der Waals surface area contributed by atoms with E-state index in [9.17, 15) is 40.8 Å². The molecule has 5 unspecified atom stereocenters. The van der Waals surface area contributed by atoms with E-state index < -0.39 is 116 Å². The number of carbonyl (C=O) groups excluding carboxylic acids is 4. The van der Waals surface area contributed by atoms with Crippen LogP contribution in [-0.4, -0.2) is 89.1 Å². The monoisotopic (exact) mass is 897 g/mol. The number of amides is 4. The van der Waals surface area contributed by atoms with Gasteiger partial charge in [-0.25, -0.2) is 27.0 Å². The minimum absolute atomic E-state index is 0.0411. The van der Waals surface area contributed by atoms with Gasteiger partial charge in [-0.1, -0.05) is 31.9 Å². The number of hydrogen-bond donors (Lipinski definition) is 3. The summed E-state index contributed by atoms with van der Waals surface area (Å²) in [6.07, 6.45) is 1.46. The summed E-state index contributed by atoms with van der Waals surface area (Å²) in [5.74, 6) is -8.71. The SMILES string of the molecule is Cc1nc2ccc(OC(F)(F)F)cc2c2c1OC1(CC3C(=O)NC(C)(C(=O)NS(=O)(=O)C4(C)CC4)C(C)C=CCCCCCC(NC(=O)OC4CCCC4)C(=O)N3C1)CC2(F)F. The lowest BCUT2D eigenvalue weighted by Crippen LogP contribution is -2.64. The van der Waals surface area contributed by atoms with Crippen LogP contribution in [0, 0.1) is 12.8 Å². The third kappa shape index (κ3) is 9.16. The van der Waals surface area contributed by atoms with Gasteiger partial charge in [0.15, 0.2) is 5.75 Å². The number of pyridine rings is 1. The van der Waals surface area contributed by atoms with Gasteiger partial charge in [0, 0.05) is 17.7 Å². The van der Waals surface area contributed by atoms with Crippen molar-refractivity contribution in [3.8, 4) is 11.5 Å². The van der Waals surface area contributed by atoms with Gasteiger partial charge in [0.25, 0.3) is 11.8 Å². The normalized spacial score (nSPS) is 29.1. The maximum atomic E-state index is 16.9. The van der Waals surface area contributed by atoms with Crippen LogP contribution < -0.4 is 24.8 Å². The summed E-state index contributed by atoms with van der Waals surface area (Å²) in [6, 6.07) is -0.0230. The largest absolute Gasteiger partial charge is 0.573 e. The fourth-order valence-corrected chi connectivity index (χ4v) is 10.3. The molecule has 7 rings (SSSR count). The quantitative estimate of drug-likeness (QED) is 0.208. The Morgan fingerprint density at radius 3 is 2.40 bits per heavy atom. The summed E-state index contributed by atoms with van der Waals surface area (Å²) >= 11 is 0. The van der Waals surface area contributed by atoms with Gasteiger partial charge < -0.3 is 29.7 Å². The zero-order valence-corrected chi connectivity index (χ0v) is 35.8. The van der Waals surface area contributed by atoms with Crippen LogP contribution >= 0.6 is 0 Å². The Morgan fingerprint density at radius 2 is 1.73 bits per heavy atom. The summed E-state index contributed by atoms with van der Waals surface area (Å²) in [5.41, 5.74) is -4.81. The van der Waals surface area contributed by atoms with E-state index >= 15 is 8.78 Å². The van der Waals surface area contributed by atoms with Crippen molar-refractivity contribution >= 4 is 44.7 Å². The first-order valence-electron chi connectivity index (χ1n) is 21.1. The molecule has 0 radical (unpaired) electrons. The van der Waals surface area contributed by atoms with Crippen LogP contribution in [0.1, 0.15) is 115 Å². The molecule has 2 aromatic rings. The Balaban J connectivity index is 1.28. The molecule has 3 aliphatic heterocycles. The highest BCUT2D eigenvalue weighted by atomic mass is 32.2. The molecule has 1 aromatic carbocycles. The third-order valence-electron chi connectivity index (χ3n) is 13.1. The second-order valence-electron chi connectivity index (χ2n) is 17.9.